The molecule has 1 amide bonds. The highest BCUT2D eigenvalue weighted by Gasteiger charge is 2.26. The first-order chi connectivity index (χ1) is 7.81. The molecule has 0 aromatic rings. The third-order valence-corrected chi connectivity index (χ3v) is 2.94. The quantitative estimate of drug-likeness (QED) is 0.699. The third kappa shape index (κ3) is 5.02. The van der Waals surface area contributed by atoms with Crippen molar-refractivity contribution in [2.24, 2.45) is 5.73 Å². The van der Waals surface area contributed by atoms with E-state index in [1.165, 1.54) is 0 Å². The number of hydrogen-bond acceptors (Lipinski definition) is 4. The van der Waals surface area contributed by atoms with E-state index in [1.807, 2.05) is 20.8 Å². The molecule has 17 heavy (non-hydrogen) atoms. The Morgan fingerprint density at radius 2 is 2.06 bits per heavy atom. The van der Waals surface area contributed by atoms with Crippen molar-refractivity contribution in [2.45, 2.75) is 32.4 Å². The molecule has 0 saturated carbocycles. The van der Waals surface area contributed by atoms with Crippen LogP contribution in [0.4, 0.5) is 0 Å². The van der Waals surface area contributed by atoms with Crippen molar-refractivity contribution in [1.29, 1.82) is 0 Å². The lowest BCUT2D eigenvalue weighted by atomic mass is 10.1. The Morgan fingerprint density at radius 1 is 1.41 bits per heavy atom. The average molecular weight is 242 g/mol. The molecule has 1 heterocycles. The number of carbonyl (C=O) groups excluding carboxylic acids is 1. The number of rotatable bonds is 3. The van der Waals surface area contributed by atoms with Crippen LogP contribution in [0.1, 0.15) is 20.8 Å². The Bertz CT molecular complexity index is 262. The minimum atomic E-state index is -0.165. The first-order valence-electron chi connectivity index (χ1n) is 6.25. The second-order valence-corrected chi connectivity index (χ2v) is 5.92. The average Bonchev–Trinajstić information content (AvgIpc) is 2.17. The van der Waals surface area contributed by atoms with E-state index in [4.69, 9.17) is 5.73 Å². The zero-order valence-corrected chi connectivity index (χ0v) is 11.5. The number of nitrogens with one attached hydrogen (secondary N) is 1. The SMILES string of the molecule is CN1CCN(CC(=O)NC(C)(C)C)C(CN)C1. The molecule has 1 unspecified atom stereocenters. The maximum absolute atomic E-state index is 11.9. The fourth-order valence-corrected chi connectivity index (χ4v) is 2.12. The highest BCUT2D eigenvalue weighted by Crippen LogP contribution is 2.07. The monoisotopic (exact) mass is 242 g/mol. The van der Waals surface area contributed by atoms with Gasteiger partial charge in [-0.1, -0.05) is 0 Å². The number of likely N-dealkylation sites (N-methyl/N-ethyl adjacent to an activating group) is 1. The smallest absolute Gasteiger partial charge is 0.234 e. The lowest BCUT2D eigenvalue weighted by Gasteiger charge is -2.39. The van der Waals surface area contributed by atoms with Crippen LogP contribution in [0, 0.1) is 0 Å². The Morgan fingerprint density at radius 3 is 2.59 bits per heavy atom. The number of hydrogen-bond donors (Lipinski definition) is 2. The van der Waals surface area contributed by atoms with Crippen molar-refractivity contribution in [2.75, 3.05) is 39.8 Å². The molecule has 0 aromatic heterocycles. The van der Waals surface area contributed by atoms with Gasteiger partial charge in [-0.05, 0) is 27.8 Å². The summed E-state index contributed by atoms with van der Waals surface area (Å²) in [6.07, 6.45) is 0. The van der Waals surface area contributed by atoms with Gasteiger partial charge >= 0.3 is 0 Å². The van der Waals surface area contributed by atoms with Crippen LogP contribution >= 0.6 is 0 Å². The van der Waals surface area contributed by atoms with Crippen LogP contribution in [-0.4, -0.2) is 67.1 Å². The maximum atomic E-state index is 11.9. The minimum Gasteiger partial charge on any atom is -0.350 e. The van der Waals surface area contributed by atoms with Gasteiger partial charge in [-0.2, -0.15) is 0 Å². The molecular formula is C12H26N4O. The van der Waals surface area contributed by atoms with Gasteiger partial charge in [0.05, 0.1) is 6.54 Å². The Balaban J connectivity index is 2.47. The van der Waals surface area contributed by atoms with E-state index in [0.29, 0.717) is 19.1 Å². The Kier molecular flexibility index (Phi) is 4.91. The van der Waals surface area contributed by atoms with Gasteiger partial charge in [0.15, 0.2) is 0 Å². The largest absolute Gasteiger partial charge is 0.350 e. The summed E-state index contributed by atoms with van der Waals surface area (Å²) in [5, 5.41) is 2.99. The van der Waals surface area contributed by atoms with Gasteiger partial charge in [0, 0.05) is 37.8 Å². The fourth-order valence-electron chi connectivity index (χ4n) is 2.12. The molecule has 1 saturated heterocycles. The predicted octanol–water partition coefficient (Wildman–Crippen LogP) is -0.524. The van der Waals surface area contributed by atoms with Gasteiger partial charge in [0.25, 0.3) is 0 Å². The molecular weight excluding hydrogens is 216 g/mol. The molecule has 0 aromatic carbocycles. The van der Waals surface area contributed by atoms with E-state index in [-0.39, 0.29) is 11.4 Å². The van der Waals surface area contributed by atoms with E-state index in [2.05, 4.69) is 22.2 Å². The van der Waals surface area contributed by atoms with E-state index < -0.39 is 0 Å². The zero-order valence-electron chi connectivity index (χ0n) is 11.5. The van der Waals surface area contributed by atoms with Crippen LogP contribution in [-0.2, 0) is 4.79 Å². The lowest BCUT2D eigenvalue weighted by Crippen LogP contribution is -2.57. The Hall–Kier alpha value is -0.650. The van der Waals surface area contributed by atoms with Crippen LogP contribution in [0.15, 0.2) is 0 Å². The minimum absolute atomic E-state index is 0.0838. The molecule has 0 spiro atoms. The van der Waals surface area contributed by atoms with Crippen molar-refractivity contribution in [1.82, 2.24) is 15.1 Å². The molecule has 5 heteroatoms. The number of piperazine rings is 1. The molecule has 100 valence electrons. The summed E-state index contributed by atoms with van der Waals surface area (Å²) in [5.41, 5.74) is 5.59. The molecule has 0 radical (unpaired) electrons. The molecule has 0 bridgehead atoms. The van der Waals surface area contributed by atoms with Crippen LogP contribution in [0.2, 0.25) is 0 Å². The van der Waals surface area contributed by atoms with Crippen molar-refractivity contribution >= 4 is 5.91 Å². The van der Waals surface area contributed by atoms with Crippen molar-refractivity contribution in [3.8, 4) is 0 Å². The second-order valence-electron chi connectivity index (χ2n) is 5.92. The van der Waals surface area contributed by atoms with Crippen LogP contribution in [0.25, 0.3) is 0 Å². The van der Waals surface area contributed by atoms with Crippen LogP contribution in [0.3, 0.4) is 0 Å². The number of carbonyl (C=O) groups is 1. The van der Waals surface area contributed by atoms with E-state index in [1.54, 1.807) is 0 Å². The van der Waals surface area contributed by atoms with E-state index in [0.717, 1.165) is 19.6 Å². The number of amides is 1. The maximum Gasteiger partial charge on any atom is 0.234 e. The highest BCUT2D eigenvalue weighted by atomic mass is 16.2. The van der Waals surface area contributed by atoms with Crippen LogP contribution < -0.4 is 11.1 Å². The van der Waals surface area contributed by atoms with Gasteiger partial charge in [0.1, 0.15) is 0 Å². The summed E-state index contributed by atoms with van der Waals surface area (Å²) in [7, 11) is 2.09. The molecule has 1 atom stereocenters. The lowest BCUT2D eigenvalue weighted by molar-refractivity contribution is -0.124. The van der Waals surface area contributed by atoms with Gasteiger partial charge < -0.3 is 16.0 Å². The van der Waals surface area contributed by atoms with Gasteiger partial charge in [-0.3, -0.25) is 9.69 Å². The first kappa shape index (κ1) is 14.4. The second kappa shape index (κ2) is 5.80. The normalized spacial score (nSPS) is 23.7. The summed E-state index contributed by atoms with van der Waals surface area (Å²) < 4.78 is 0. The molecule has 1 fully saturated rings. The number of nitrogens with zero attached hydrogens (tertiary/aromatic N) is 2. The summed E-state index contributed by atoms with van der Waals surface area (Å²) in [4.78, 5) is 16.3. The predicted molar refractivity (Wildman–Crippen MR) is 69.8 cm³/mol. The number of nitrogens with two attached hydrogens (primary N) is 1. The third-order valence-electron chi connectivity index (χ3n) is 2.94. The summed E-state index contributed by atoms with van der Waals surface area (Å²) >= 11 is 0. The summed E-state index contributed by atoms with van der Waals surface area (Å²) in [6.45, 7) is 9.90. The Labute approximate surface area is 104 Å². The highest BCUT2D eigenvalue weighted by molar-refractivity contribution is 5.78. The van der Waals surface area contributed by atoms with E-state index in [9.17, 15) is 4.79 Å². The van der Waals surface area contributed by atoms with Gasteiger partial charge in [-0.15, -0.1) is 0 Å². The fraction of sp³-hybridized carbons (Fsp3) is 0.917. The zero-order chi connectivity index (χ0) is 13.1. The van der Waals surface area contributed by atoms with Gasteiger partial charge in [0.2, 0.25) is 5.91 Å². The van der Waals surface area contributed by atoms with Gasteiger partial charge in [-0.25, -0.2) is 0 Å². The molecule has 3 N–H and O–H groups in total. The standard InChI is InChI=1S/C12H26N4O/c1-12(2,3)14-11(17)9-16-6-5-15(4)8-10(16)7-13/h10H,5-9,13H2,1-4H3,(H,14,17). The summed E-state index contributed by atoms with van der Waals surface area (Å²) in [6, 6.07) is 0.291. The first-order valence-corrected chi connectivity index (χ1v) is 6.25. The van der Waals surface area contributed by atoms with Crippen molar-refractivity contribution in [3.63, 3.8) is 0 Å². The van der Waals surface area contributed by atoms with Crippen molar-refractivity contribution < 1.29 is 4.79 Å². The summed E-state index contributed by atoms with van der Waals surface area (Å²) in [5.74, 6) is 0.0838. The molecule has 5 nitrogen and oxygen atoms in total. The topological polar surface area (TPSA) is 61.6 Å². The molecule has 1 aliphatic heterocycles. The molecule has 0 aliphatic carbocycles. The van der Waals surface area contributed by atoms with E-state index >= 15 is 0 Å². The van der Waals surface area contributed by atoms with Crippen LogP contribution in [0.5, 0.6) is 0 Å². The van der Waals surface area contributed by atoms with Crippen molar-refractivity contribution in [3.05, 3.63) is 0 Å². The molecule has 1 aliphatic rings. The molecule has 1 rings (SSSR count).